The topological polar surface area (TPSA) is 140 Å². The smallest absolute Gasteiger partial charge is 0.216 e. The lowest BCUT2D eigenvalue weighted by Gasteiger charge is -2.20. The Balaban J connectivity index is 0.798. The van der Waals surface area contributed by atoms with Gasteiger partial charge in [0.25, 0.3) is 0 Å². The largest absolute Gasteiger partial charge is 0.481 e. The van der Waals surface area contributed by atoms with Crippen LogP contribution in [0.4, 0.5) is 0 Å². The Hall–Kier alpha value is -5.42. The van der Waals surface area contributed by atoms with Crippen LogP contribution in [-0.2, 0) is 48.2 Å². The first kappa shape index (κ1) is 40.6. The van der Waals surface area contributed by atoms with E-state index < -0.39 is 0 Å². The average Bonchev–Trinajstić information content (AvgIpc) is 4.12. The third-order valence-electron chi connectivity index (χ3n) is 13.2. The van der Waals surface area contributed by atoms with Gasteiger partial charge in [-0.05, 0) is 84.1 Å². The molecule has 62 heavy (non-hydrogen) atoms. The minimum absolute atomic E-state index is 0.267. The predicted octanol–water partition coefficient (Wildman–Crippen LogP) is 4.78. The molecule has 1 unspecified atom stereocenters. The third kappa shape index (κ3) is 8.16. The Morgan fingerprint density at radius 2 is 1.26 bits per heavy atom. The number of fused-ring (bicyclic) bond motifs is 2. The second kappa shape index (κ2) is 17.4. The quantitative estimate of drug-likeness (QED) is 0.168. The van der Waals surface area contributed by atoms with E-state index in [9.17, 15) is 0 Å². The maximum atomic E-state index is 6.46. The van der Waals surface area contributed by atoms with E-state index in [0.717, 1.165) is 110 Å². The van der Waals surface area contributed by atoms with Crippen LogP contribution in [-0.4, -0.2) is 139 Å². The summed E-state index contributed by atoms with van der Waals surface area (Å²) in [6.07, 6.45) is 17.4. The molecular weight excluding hydrogens is 785 g/mol. The number of methoxy groups -OCH3 is 1. The summed E-state index contributed by atoms with van der Waals surface area (Å²) in [6.45, 7) is 12.3. The number of hydrogen-bond acceptors (Lipinski definition) is 12. The van der Waals surface area contributed by atoms with E-state index in [0.29, 0.717) is 56.6 Å². The molecule has 16 nitrogen and oxygen atoms in total. The van der Waals surface area contributed by atoms with Gasteiger partial charge in [0.1, 0.15) is 6.61 Å². The van der Waals surface area contributed by atoms with E-state index in [1.807, 2.05) is 36.4 Å². The van der Waals surface area contributed by atoms with Gasteiger partial charge in [0, 0.05) is 90.8 Å². The number of likely N-dealkylation sites (N-methyl/N-ethyl adjacent to an activating group) is 1. The summed E-state index contributed by atoms with van der Waals surface area (Å²) in [5.41, 5.74) is 12.6. The zero-order valence-electron chi connectivity index (χ0n) is 36.7. The van der Waals surface area contributed by atoms with Crippen LogP contribution in [0.15, 0.2) is 49.3 Å². The molecule has 4 aliphatic heterocycles. The van der Waals surface area contributed by atoms with Crippen molar-refractivity contribution in [2.24, 2.45) is 11.8 Å². The molecule has 0 amide bonds. The summed E-state index contributed by atoms with van der Waals surface area (Å²) in [7, 11) is 6.03. The monoisotopic (exact) mass is 842 g/mol. The number of aromatic nitrogens is 10. The third-order valence-corrected chi connectivity index (χ3v) is 13.2. The Morgan fingerprint density at radius 3 is 1.81 bits per heavy atom. The first-order valence-electron chi connectivity index (χ1n) is 22.2. The number of hydrogen-bond donors (Lipinski definition) is 0. The number of likely N-dealkylation sites (tertiary alicyclic amines) is 2. The Labute approximate surface area is 362 Å². The van der Waals surface area contributed by atoms with E-state index in [-0.39, 0.29) is 6.04 Å². The molecule has 6 aromatic heterocycles. The summed E-state index contributed by atoms with van der Waals surface area (Å²) in [5, 5.41) is 20.0. The Kier molecular flexibility index (Phi) is 11.4. The van der Waals surface area contributed by atoms with Crippen molar-refractivity contribution in [1.29, 1.82) is 0 Å². The summed E-state index contributed by atoms with van der Waals surface area (Å²) in [4.78, 5) is 14.2. The molecule has 0 saturated carbocycles. The average molecular weight is 843 g/mol. The molecule has 2 fully saturated rings. The van der Waals surface area contributed by atoms with Crippen molar-refractivity contribution in [1.82, 2.24) is 58.9 Å². The standard InChI is InChI=1S/C46H58N12O4/c1-30-16-36(21-47-45(30)59-5)57-41-9-14-60-12-7-39(41)44(51-57)35-20-50-56(28-35)26-33-18-38(54(4)24-33)29-62-46-31(2)17-37(22-48-46)58-42-10-15-61-13-8-40(42)43(52-58)34-19-49-55(27-34)25-32-6-11-53(3)23-32/h16-17,19-22,27-28,32-33,38H,6-15,18,23-26,29H2,1-5H3/t32-,33+,38?/m0/s1. The molecule has 0 radical (unpaired) electrons. The van der Waals surface area contributed by atoms with Crippen LogP contribution >= 0.6 is 0 Å². The van der Waals surface area contributed by atoms with Gasteiger partial charge < -0.3 is 23.8 Å². The van der Waals surface area contributed by atoms with Crippen molar-refractivity contribution in [2.45, 2.75) is 71.5 Å². The van der Waals surface area contributed by atoms with Crippen LogP contribution < -0.4 is 9.47 Å². The molecule has 0 bridgehead atoms. The highest BCUT2D eigenvalue weighted by molar-refractivity contribution is 5.65. The molecule has 0 spiro atoms. The summed E-state index contributed by atoms with van der Waals surface area (Å²) >= 11 is 0. The molecule has 326 valence electrons. The van der Waals surface area contributed by atoms with Crippen LogP contribution in [0, 0.1) is 25.7 Å². The van der Waals surface area contributed by atoms with Gasteiger partial charge in [0.05, 0.1) is 92.5 Å². The van der Waals surface area contributed by atoms with E-state index in [4.69, 9.17) is 44.3 Å². The first-order chi connectivity index (χ1) is 30.3. The summed E-state index contributed by atoms with van der Waals surface area (Å²) in [6, 6.07) is 4.49. The lowest BCUT2D eigenvalue weighted by molar-refractivity contribution is 0.145. The Morgan fingerprint density at radius 1 is 0.694 bits per heavy atom. The van der Waals surface area contributed by atoms with Crippen LogP contribution in [0.3, 0.4) is 0 Å². The molecule has 6 aromatic rings. The molecule has 0 N–H and O–H groups in total. The van der Waals surface area contributed by atoms with Gasteiger partial charge in [0.15, 0.2) is 0 Å². The highest BCUT2D eigenvalue weighted by Gasteiger charge is 2.32. The highest BCUT2D eigenvalue weighted by atomic mass is 16.5. The summed E-state index contributed by atoms with van der Waals surface area (Å²) < 4.78 is 32.0. The maximum absolute atomic E-state index is 6.46. The minimum atomic E-state index is 0.267. The summed E-state index contributed by atoms with van der Waals surface area (Å²) in [5.74, 6) is 2.34. The number of ether oxygens (including phenoxy) is 4. The molecule has 16 heteroatoms. The van der Waals surface area contributed by atoms with Crippen LogP contribution in [0.5, 0.6) is 11.8 Å². The fraction of sp³-hybridized carbons (Fsp3) is 0.522. The van der Waals surface area contributed by atoms with Gasteiger partial charge in [-0.3, -0.25) is 14.3 Å². The van der Waals surface area contributed by atoms with E-state index >= 15 is 0 Å². The molecule has 4 aliphatic rings. The maximum Gasteiger partial charge on any atom is 0.216 e. The van der Waals surface area contributed by atoms with E-state index in [1.54, 1.807) is 7.11 Å². The molecule has 10 heterocycles. The van der Waals surface area contributed by atoms with E-state index in [1.165, 1.54) is 28.9 Å². The van der Waals surface area contributed by atoms with Crippen molar-refractivity contribution in [2.75, 3.05) is 73.9 Å². The SMILES string of the molecule is COc1ncc(-n2nc(-c3cnn(C[C@@H]4CC(COc5ncc(-n6nc(-c7cnn(C[C@H]8CCN(C)C8)c7)c7c6CCOCC7)cc5C)N(C)C4)c3)c3c2CCOCC3)cc1C. The number of rotatable bonds is 12. The second-order valence-electron chi connectivity index (χ2n) is 17.8. The lowest BCUT2D eigenvalue weighted by Crippen LogP contribution is -2.30. The van der Waals surface area contributed by atoms with E-state index in [2.05, 4.69) is 74.4 Å². The fourth-order valence-electron chi connectivity index (χ4n) is 10.1. The second-order valence-corrected chi connectivity index (χ2v) is 17.8. The van der Waals surface area contributed by atoms with Gasteiger partial charge >= 0.3 is 0 Å². The van der Waals surface area contributed by atoms with Crippen molar-refractivity contribution >= 4 is 0 Å². The van der Waals surface area contributed by atoms with Gasteiger partial charge in [-0.25, -0.2) is 19.3 Å². The van der Waals surface area contributed by atoms with Crippen LogP contribution in [0.2, 0.25) is 0 Å². The van der Waals surface area contributed by atoms with Crippen molar-refractivity contribution in [3.05, 3.63) is 83.0 Å². The normalized spacial score (nSPS) is 20.9. The molecule has 10 rings (SSSR count). The molecule has 3 atom stereocenters. The number of aryl methyl sites for hydroxylation is 2. The predicted molar refractivity (Wildman–Crippen MR) is 233 cm³/mol. The van der Waals surface area contributed by atoms with Gasteiger partial charge in [0.2, 0.25) is 11.8 Å². The highest BCUT2D eigenvalue weighted by Crippen LogP contribution is 2.34. The molecular formula is C46H58N12O4. The fourth-order valence-corrected chi connectivity index (χ4v) is 10.1. The number of pyridine rings is 2. The van der Waals surface area contributed by atoms with Gasteiger partial charge in [-0.1, -0.05) is 0 Å². The van der Waals surface area contributed by atoms with Crippen LogP contribution in [0.1, 0.15) is 46.5 Å². The molecule has 0 aliphatic carbocycles. The number of nitrogens with zero attached hydrogens (tertiary/aromatic N) is 12. The lowest BCUT2D eigenvalue weighted by atomic mass is 10.0. The Bertz CT molecular complexity index is 2540. The van der Waals surface area contributed by atoms with Gasteiger partial charge in [-0.2, -0.15) is 20.4 Å². The molecule has 2 saturated heterocycles. The van der Waals surface area contributed by atoms with Crippen molar-refractivity contribution in [3.63, 3.8) is 0 Å². The van der Waals surface area contributed by atoms with Crippen molar-refractivity contribution < 1.29 is 18.9 Å². The van der Waals surface area contributed by atoms with Crippen LogP contribution in [0.25, 0.3) is 33.9 Å². The van der Waals surface area contributed by atoms with Crippen molar-refractivity contribution in [3.8, 4) is 45.6 Å². The zero-order chi connectivity index (χ0) is 42.3. The minimum Gasteiger partial charge on any atom is -0.481 e. The first-order valence-corrected chi connectivity index (χ1v) is 22.2. The zero-order valence-corrected chi connectivity index (χ0v) is 36.7. The molecule has 0 aromatic carbocycles. The van der Waals surface area contributed by atoms with Gasteiger partial charge in [-0.15, -0.1) is 0 Å².